The monoisotopic (exact) mass is 216 g/mol. The van der Waals surface area contributed by atoms with Crippen LogP contribution >= 0.6 is 0 Å². The number of nitrogen functional groups attached to an aromatic ring is 1. The molecule has 0 spiro atoms. The predicted molar refractivity (Wildman–Crippen MR) is 60.0 cm³/mol. The predicted octanol–water partition coefficient (Wildman–Crippen LogP) is 0.784. The van der Waals surface area contributed by atoms with E-state index in [4.69, 9.17) is 5.84 Å². The summed E-state index contributed by atoms with van der Waals surface area (Å²) in [6, 6.07) is 9.57. The Hall–Kier alpha value is -2.14. The lowest BCUT2D eigenvalue weighted by atomic mass is 10.2. The minimum absolute atomic E-state index is 0.334. The topological polar surface area (TPSA) is 72.9 Å². The average Bonchev–Trinajstić information content (AvgIpc) is 2.71. The molecular weight excluding hydrogens is 204 g/mol. The summed E-state index contributed by atoms with van der Waals surface area (Å²) in [5.41, 5.74) is 4.12. The quantitative estimate of drug-likeness (QED) is 0.442. The number of benzene rings is 1. The summed E-state index contributed by atoms with van der Waals surface area (Å²) >= 11 is 0. The number of aromatic nitrogens is 2. The Morgan fingerprint density at radius 2 is 2.06 bits per heavy atom. The van der Waals surface area contributed by atoms with E-state index in [2.05, 4.69) is 10.5 Å². The molecule has 2 aromatic rings. The van der Waals surface area contributed by atoms with E-state index in [0.29, 0.717) is 11.3 Å². The first-order valence-corrected chi connectivity index (χ1v) is 4.85. The Bertz CT molecular complexity index is 504. The molecule has 82 valence electrons. The Labute approximate surface area is 92.8 Å². The third kappa shape index (κ3) is 1.80. The van der Waals surface area contributed by atoms with E-state index < -0.39 is 0 Å². The molecule has 0 saturated heterocycles. The van der Waals surface area contributed by atoms with E-state index in [0.717, 1.165) is 5.69 Å². The summed E-state index contributed by atoms with van der Waals surface area (Å²) in [6.07, 6.45) is 1.66. The minimum Gasteiger partial charge on any atom is -0.290 e. The van der Waals surface area contributed by atoms with Gasteiger partial charge in [-0.25, -0.2) is 10.5 Å². The molecule has 0 radical (unpaired) electrons. The van der Waals surface area contributed by atoms with Gasteiger partial charge in [-0.1, -0.05) is 18.2 Å². The van der Waals surface area contributed by atoms with E-state index >= 15 is 0 Å². The number of nitrogens with zero attached hydrogens (tertiary/aromatic N) is 2. The van der Waals surface area contributed by atoms with Crippen LogP contribution in [0.4, 0.5) is 0 Å². The molecule has 0 atom stereocenters. The molecule has 5 nitrogen and oxygen atoms in total. The number of hydrogen-bond acceptors (Lipinski definition) is 3. The van der Waals surface area contributed by atoms with Gasteiger partial charge in [0.25, 0.3) is 5.91 Å². The normalized spacial score (nSPS) is 10.1. The summed E-state index contributed by atoms with van der Waals surface area (Å²) in [7, 11) is 0. The molecule has 3 N–H and O–H groups in total. The van der Waals surface area contributed by atoms with E-state index in [1.165, 1.54) is 0 Å². The Kier molecular flexibility index (Phi) is 2.70. The van der Waals surface area contributed by atoms with Crippen LogP contribution in [-0.4, -0.2) is 15.7 Å². The van der Waals surface area contributed by atoms with Gasteiger partial charge in [-0.15, -0.1) is 0 Å². The van der Waals surface area contributed by atoms with Crippen molar-refractivity contribution in [2.45, 2.75) is 6.92 Å². The number of nitrogens with two attached hydrogens (primary N) is 1. The van der Waals surface area contributed by atoms with Crippen molar-refractivity contribution in [1.82, 2.24) is 15.2 Å². The van der Waals surface area contributed by atoms with E-state index in [1.54, 1.807) is 17.8 Å². The molecule has 0 aliphatic heterocycles. The van der Waals surface area contributed by atoms with Crippen molar-refractivity contribution in [2.75, 3.05) is 0 Å². The fourth-order valence-corrected chi connectivity index (χ4v) is 1.47. The summed E-state index contributed by atoms with van der Waals surface area (Å²) in [4.78, 5) is 11.4. The van der Waals surface area contributed by atoms with Crippen LogP contribution in [0.25, 0.3) is 5.69 Å². The van der Waals surface area contributed by atoms with Gasteiger partial charge >= 0.3 is 0 Å². The molecule has 0 saturated carbocycles. The van der Waals surface area contributed by atoms with E-state index in [-0.39, 0.29) is 5.91 Å². The highest BCUT2D eigenvalue weighted by atomic mass is 16.2. The van der Waals surface area contributed by atoms with Gasteiger partial charge in [0.05, 0.1) is 16.9 Å². The second-order valence-corrected chi connectivity index (χ2v) is 3.38. The fourth-order valence-electron chi connectivity index (χ4n) is 1.47. The minimum atomic E-state index is -0.334. The highest BCUT2D eigenvalue weighted by molar-refractivity contribution is 5.94. The average molecular weight is 216 g/mol. The first-order chi connectivity index (χ1) is 7.72. The number of rotatable bonds is 2. The molecule has 5 heteroatoms. The second kappa shape index (κ2) is 4.16. The van der Waals surface area contributed by atoms with Crippen molar-refractivity contribution in [3.8, 4) is 5.69 Å². The van der Waals surface area contributed by atoms with Crippen molar-refractivity contribution in [3.05, 3.63) is 47.8 Å². The van der Waals surface area contributed by atoms with Crippen molar-refractivity contribution in [2.24, 2.45) is 5.84 Å². The molecular formula is C11H12N4O. The molecule has 2 rings (SSSR count). The number of carbonyl (C=O) groups excluding carboxylic acids is 1. The maximum atomic E-state index is 11.4. The summed E-state index contributed by atoms with van der Waals surface area (Å²) in [5, 5.41) is 4.25. The lowest BCUT2D eigenvalue weighted by Gasteiger charge is -1.98. The molecule has 1 heterocycles. The van der Waals surface area contributed by atoms with Gasteiger partial charge in [0.2, 0.25) is 0 Å². The van der Waals surface area contributed by atoms with Crippen molar-refractivity contribution >= 4 is 5.91 Å². The summed E-state index contributed by atoms with van der Waals surface area (Å²) in [6.45, 7) is 1.77. The van der Waals surface area contributed by atoms with Crippen LogP contribution in [0, 0.1) is 6.92 Å². The number of carbonyl (C=O) groups is 1. The van der Waals surface area contributed by atoms with Crippen molar-refractivity contribution in [1.29, 1.82) is 0 Å². The number of hydrogen-bond donors (Lipinski definition) is 2. The summed E-state index contributed by atoms with van der Waals surface area (Å²) in [5.74, 6) is 4.75. The zero-order valence-corrected chi connectivity index (χ0v) is 8.84. The van der Waals surface area contributed by atoms with Gasteiger partial charge in [0.15, 0.2) is 0 Å². The molecule has 0 aliphatic carbocycles. The van der Waals surface area contributed by atoms with Gasteiger partial charge < -0.3 is 0 Å². The van der Waals surface area contributed by atoms with Crippen LogP contribution in [0.3, 0.4) is 0 Å². The Morgan fingerprint density at radius 1 is 1.38 bits per heavy atom. The molecule has 1 aromatic carbocycles. The van der Waals surface area contributed by atoms with Gasteiger partial charge in [-0.05, 0) is 19.1 Å². The first kappa shape index (κ1) is 10.4. The van der Waals surface area contributed by atoms with Crippen LogP contribution in [0.5, 0.6) is 0 Å². The molecule has 0 unspecified atom stereocenters. The van der Waals surface area contributed by atoms with Crippen molar-refractivity contribution < 1.29 is 4.79 Å². The molecule has 1 amide bonds. The largest absolute Gasteiger partial charge is 0.290 e. The zero-order chi connectivity index (χ0) is 11.5. The maximum absolute atomic E-state index is 11.4. The Balaban J connectivity index is 2.42. The highest BCUT2D eigenvalue weighted by Crippen LogP contribution is 2.11. The molecule has 0 fully saturated rings. The molecule has 1 aromatic heterocycles. The van der Waals surface area contributed by atoms with E-state index in [1.807, 2.05) is 30.3 Å². The number of aryl methyl sites for hydroxylation is 1. The van der Waals surface area contributed by atoms with Gasteiger partial charge in [0.1, 0.15) is 0 Å². The number of nitrogens with one attached hydrogen (secondary N) is 1. The van der Waals surface area contributed by atoms with Gasteiger partial charge in [-0.3, -0.25) is 10.2 Å². The van der Waals surface area contributed by atoms with Crippen LogP contribution in [0.1, 0.15) is 16.1 Å². The summed E-state index contributed by atoms with van der Waals surface area (Å²) < 4.78 is 1.65. The third-order valence-corrected chi connectivity index (χ3v) is 2.30. The van der Waals surface area contributed by atoms with Crippen LogP contribution in [0.15, 0.2) is 36.5 Å². The molecule has 0 bridgehead atoms. The number of amides is 1. The first-order valence-electron chi connectivity index (χ1n) is 4.85. The van der Waals surface area contributed by atoms with E-state index in [9.17, 15) is 4.79 Å². The Morgan fingerprint density at radius 3 is 2.69 bits per heavy atom. The number of hydrazine groups is 1. The van der Waals surface area contributed by atoms with Crippen molar-refractivity contribution in [3.63, 3.8) is 0 Å². The lowest BCUT2D eigenvalue weighted by Crippen LogP contribution is -2.30. The van der Waals surface area contributed by atoms with Gasteiger partial charge in [-0.2, -0.15) is 5.10 Å². The van der Waals surface area contributed by atoms with Crippen LogP contribution in [-0.2, 0) is 0 Å². The third-order valence-electron chi connectivity index (χ3n) is 2.30. The SMILES string of the molecule is Cc1nn(-c2ccccc2)cc1C(=O)NN. The van der Waals surface area contributed by atoms with Crippen LogP contribution in [0.2, 0.25) is 0 Å². The van der Waals surface area contributed by atoms with Crippen LogP contribution < -0.4 is 11.3 Å². The molecule has 0 aliphatic rings. The zero-order valence-electron chi connectivity index (χ0n) is 8.84. The highest BCUT2D eigenvalue weighted by Gasteiger charge is 2.12. The second-order valence-electron chi connectivity index (χ2n) is 3.38. The fraction of sp³-hybridized carbons (Fsp3) is 0.0909. The maximum Gasteiger partial charge on any atom is 0.268 e. The smallest absolute Gasteiger partial charge is 0.268 e. The van der Waals surface area contributed by atoms with Gasteiger partial charge in [0, 0.05) is 6.20 Å². The number of para-hydroxylation sites is 1. The lowest BCUT2D eigenvalue weighted by molar-refractivity contribution is 0.0953. The molecule has 16 heavy (non-hydrogen) atoms. The standard InChI is InChI=1S/C11H12N4O/c1-8-10(11(16)13-12)7-15(14-8)9-5-3-2-4-6-9/h2-7H,12H2,1H3,(H,13,16).